The SMILES string of the molecule is COCCN(Cc1cccs1)C(=O)c1cn2cc(Cl)ccc2n1. The summed E-state index contributed by atoms with van der Waals surface area (Å²) in [6.45, 7) is 1.55. The molecule has 3 heterocycles. The number of hydrogen-bond donors (Lipinski definition) is 0. The Hall–Kier alpha value is -1.89. The second kappa shape index (κ2) is 7.12. The van der Waals surface area contributed by atoms with E-state index in [1.165, 1.54) is 0 Å². The van der Waals surface area contributed by atoms with E-state index < -0.39 is 0 Å². The third kappa shape index (κ3) is 3.72. The molecule has 1 amide bonds. The molecule has 0 unspecified atom stereocenters. The Kier molecular flexibility index (Phi) is 4.95. The van der Waals surface area contributed by atoms with E-state index in [0.717, 1.165) is 4.88 Å². The molecule has 23 heavy (non-hydrogen) atoms. The van der Waals surface area contributed by atoms with Crippen molar-refractivity contribution in [1.82, 2.24) is 14.3 Å². The number of aromatic nitrogens is 2. The molecule has 0 aliphatic rings. The molecule has 0 fully saturated rings. The van der Waals surface area contributed by atoms with Crippen LogP contribution >= 0.6 is 22.9 Å². The molecule has 0 N–H and O–H groups in total. The largest absolute Gasteiger partial charge is 0.383 e. The lowest BCUT2D eigenvalue weighted by Crippen LogP contribution is -2.33. The number of hydrogen-bond acceptors (Lipinski definition) is 4. The molecule has 120 valence electrons. The first kappa shape index (κ1) is 16.0. The van der Waals surface area contributed by atoms with Gasteiger partial charge in [0.1, 0.15) is 11.3 Å². The molecule has 0 spiro atoms. The van der Waals surface area contributed by atoms with Crippen LogP contribution in [0.25, 0.3) is 5.65 Å². The average Bonchev–Trinajstić information content (AvgIpc) is 3.19. The second-order valence-electron chi connectivity index (χ2n) is 5.04. The molecule has 0 saturated carbocycles. The van der Waals surface area contributed by atoms with Crippen molar-refractivity contribution in [3.63, 3.8) is 0 Å². The maximum Gasteiger partial charge on any atom is 0.274 e. The quantitative estimate of drug-likeness (QED) is 0.685. The summed E-state index contributed by atoms with van der Waals surface area (Å²) < 4.78 is 6.88. The van der Waals surface area contributed by atoms with Crippen LogP contribution < -0.4 is 0 Å². The fraction of sp³-hybridized carbons (Fsp3) is 0.250. The topological polar surface area (TPSA) is 46.8 Å². The zero-order chi connectivity index (χ0) is 16.2. The number of pyridine rings is 1. The summed E-state index contributed by atoms with van der Waals surface area (Å²) in [5.74, 6) is -0.115. The zero-order valence-corrected chi connectivity index (χ0v) is 14.2. The number of imidazole rings is 1. The summed E-state index contributed by atoms with van der Waals surface area (Å²) in [5, 5.41) is 2.60. The highest BCUT2D eigenvalue weighted by atomic mass is 35.5. The normalized spacial score (nSPS) is 11.0. The van der Waals surface area contributed by atoms with Gasteiger partial charge in [0.25, 0.3) is 5.91 Å². The Morgan fingerprint density at radius 2 is 2.26 bits per heavy atom. The Morgan fingerprint density at radius 1 is 1.39 bits per heavy atom. The third-order valence-corrected chi connectivity index (χ3v) is 4.50. The Bertz CT molecular complexity index is 801. The minimum absolute atomic E-state index is 0.115. The molecule has 5 nitrogen and oxygen atoms in total. The standard InChI is InChI=1S/C16H16ClN3O2S/c1-22-7-6-19(10-13-3-2-8-23-13)16(21)14-11-20-9-12(17)4-5-15(20)18-14/h2-5,8-9,11H,6-7,10H2,1H3. The highest BCUT2D eigenvalue weighted by molar-refractivity contribution is 7.09. The van der Waals surface area contributed by atoms with Gasteiger partial charge in [0.15, 0.2) is 0 Å². The number of rotatable bonds is 6. The number of ether oxygens (including phenoxy) is 1. The summed E-state index contributed by atoms with van der Waals surface area (Å²) in [6.07, 6.45) is 3.44. The van der Waals surface area contributed by atoms with Crippen LogP contribution in [0.4, 0.5) is 0 Å². The van der Waals surface area contributed by atoms with Crippen molar-refractivity contribution in [1.29, 1.82) is 0 Å². The number of amides is 1. The summed E-state index contributed by atoms with van der Waals surface area (Å²) in [5.41, 5.74) is 1.10. The maximum atomic E-state index is 12.8. The van der Waals surface area contributed by atoms with Gasteiger partial charge >= 0.3 is 0 Å². The maximum absolute atomic E-state index is 12.8. The summed E-state index contributed by atoms with van der Waals surface area (Å²) >= 11 is 7.60. The van der Waals surface area contributed by atoms with Crippen molar-refractivity contribution in [2.45, 2.75) is 6.54 Å². The second-order valence-corrected chi connectivity index (χ2v) is 6.51. The number of carbonyl (C=O) groups is 1. The number of methoxy groups -OCH3 is 1. The fourth-order valence-corrected chi connectivity index (χ4v) is 3.16. The average molecular weight is 350 g/mol. The Labute approximate surface area is 143 Å². The number of halogens is 1. The molecule has 3 aromatic heterocycles. The molecule has 0 aliphatic heterocycles. The lowest BCUT2D eigenvalue weighted by atomic mass is 10.3. The first-order valence-electron chi connectivity index (χ1n) is 7.12. The van der Waals surface area contributed by atoms with Crippen LogP contribution in [0.2, 0.25) is 5.02 Å². The van der Waals surface area contributed by atoms with Gasteiger partial charge in [-0.2, -0.15) is 0 Å². The summed E-state index contributed by atoms with van der Waals surface area (Å²) in [4.78, 5) is 20.1. The minimum atomic E-state index is -0.115. The van der Waals surface area contributed by atoms with Crippen LogP contribution in [0.1, 0.15) is 15.4 Å². The molecule has 3 aromatic rings. The van der Waals surface area contributed by atoms with Crippen molar-refractivity contribution >= 4 is 34.5 Å². The van der Waals surface area contributed by atoms with Gasteiger partial charge in [0, 0.05) is 30.9 Å². The van der Waals surface area contributed by atoms with E-state index in [2.05, 4.69) is 4.98 Å². The molecular weight excluding hydrogens is 334 g/mol. The van der Waals surface area contributed by atoms with Gasteiger partial charge in [-0.1, -0.05) is 17.7 Å². The van der Waals surface area contributed by atoms with Crippen LogP contribution in [-0.4, -0.2) is 40.5 Å². The lowest BCUT2D eigenvalue weighted by molar-refractivity contribution is 0.0677. The monoisotopic (exact) mass is 349 g/mol. The smallest absolute Gasteiger partial charge is 0.274 e. The summed E-state index contributed by atoms with van der Waals surface area (Å²) in [6, 6.07) is 7.54. The van der Waals surface area contributed by atoms with Crippen molar-refractivity contribution < 1.29 is 9.53 Å². The van der Waals surface area contributed by atoms with Gasteiger partial charge < -0.3 is 14.0 Å². The van der Waals surface area contributed by atoms with Gasteiger partial charge in [0.2, 0.25) is 0 Å². The molecule has 7 heteroatoms. The molecule has 0 bridgehead atoms. The van der Waals surface area contributed by atoms with Crippen molar-refractivity contribution in [3.05, 3.63) is 57.6 Å². The molecule has 0 atom stereocenters. The van der Waals surface area contributed by atoms with Crippen molar-refractivity contribution in [2.75, 3.05) is 20.3 Å². The first-order valence-corrected chi connectivity index (χ1v) is 8.38. The van der Waals surface area contributed by atoms with E-state index in [9.17, 15) is 4.79 Å². The van der Waals surface area contributed by atoms with Crippen LogP contribution in [-0.2, 0) is 11.3 Å². The van der Waals surface area contributed by atoms with Crippen LogP contribution in [0.5, 0.6) is 0 Å². The number of carbonyl (C=O) groups excluding carboxylic acids is 1. The van der Waals surface area contributed by atoms with E-state index in [0.29, 0.717) is 36.1 Å². The number of thiophene rings is 1. The first-order chi connectivity index (χ1) is 11.2. The van der Waals surface area contributed by atoms with E-state index in [-0.39, 0.29) is 5.91 Å². The molecule has 0 aromatic carbocycles. The van der Waals surface area contributed by atoms with Crippen molar-refractivity contribution in [3.8, 4) is 0 Å². The van der Waals surface area contributed by atoms with Crippen LogP contribution in [0.3, 0.4) is 0 Å². The van der Waals surface area contributed by atoms with E-state index >= 15 is 0 Å². The molecule has 0 radical (unpaired) electrons. The molecular formula is C16H16ClN3O2S. The van der Waals surface area contributed by atoms with Gasteiger partial charge in [-0.3, -0.25) is 4.79 Å². The predicted octanol–water partition coefficient (Wildman–Crippen LogP) is 3.34. The van der Waals surface area contributed by atoms with Gasteiger partial charge in [-0.05, 0) is 23.6 Å². The lowest BCUT2D eigenvalue weighted by Gasteiger charge is -2.20. The Morgan fingerprint density at radius 3 is 3.00 bits per heavy atom. The van der Waals surface area contributed by atoms with Crippen LogP contribution in [0.15, 0.2) is 42.0 Å². The predicted molar refractivity (Wildman–Crippen MR) is 91.1 cm³/mol. The highest BCUT2D eigenvalue weighted by Crippen LogP contribution is 2.16. The van der Waals surface area contributed by atoms with E-state index in [4.69, 9.17) is 16.3 Å². The van der Waals surface area contributed by atoms with Gasteiger partial charge in [-0.25, -0.2) is 4.98 Å². The number of fused-ring (bicyclic) bond motifs is 1. The van der Waals surface area contributed by atoms with Crippen LogP contribution in [0, 0.1) is 0 Å². The third-order valence-electron chi connectivity index (χ3n) is 3.41. The highest BCUT2D eigenvalue weighted by Gasteiger charge is 2.19. The molecule has 0 saturated heterocycles. The van der Waals surface area contributed by atoms with Crippen molar-refractivity contribution in [2.24, 2.45) is 0 Å². The zero-order valence-electron chi connectivity index (χ0n) is 12.6. The van der Waals surface area contributed by atoms with E-state index in [1.54, 1.807) is 52.3 Å². The van der Waals surface area contributed by atoms with E-state index in [1.807, 2.05) is 17.5 Å². The van der Waals surface area contributed by atoms with Gasteiger partial charge in [-0.15, -0.1) is 11.3 Å². The number of nitrogens with zero attached hydrogens (tertiary/aromatic N) is 3. The summed E-state index contributed by atoms with van der Waals surface area (Å²) in [7, 11) is 1.63. The Balaban J connectivity index is 1.85. The fourth-order valence-electron chi connectivity index (χ4n) is 2.27. The van der Waals surface area contributed by atoms with Gasteiger partial charge in [0.05, 0.1) is 18.2 Å². The minimum Gasteiger partial charge on any atom is -0.383 e. The molecule has 0 aliphatic carbocycles. The molecule has 3 rings (SSSR count).